The number of hydrogen-bond donors (Lipinski definition) is 0. The Balaban J connectivity index is 1.77. The lowest BCUT2D eigenvalue weighted by atomic mass is 9.69. The van der Waals surface area contributed by atoms with E-state index in [1.807, 2.05) is 89.3 Å². The fourth-order valence-corrected chi connectivity index (χ4v) is 5.64. The molecule has 1 aromatic heterocycles. The molecule has 0 N–H and O–H groups in total. The van der Waals surface area contributed by atoms with Crippen LogP contribution in [0.1, 0.15) is 33.0 Å². The third-order valence-corrected chi connectivity index (χ3v) is 7.12. The minimum Gasteiger partial charge on any atom is -0.351 e. The lowest BCUT2D eigenvalue weighted by Gasteiger charge is -2.35. The number of para-hydroxylation sites is 1. The van der Waals surface area contributed by atoms with Gasteiger partial charge in [-0.25, -0.2) is 0 Å². The number of carbonyl (C=O) groups is 1. The number of Topliss-reactive ketones (excluding diaryl/α,β-unsaturated/α-hetero) is 1. The van der Waals surface area contributed by atoms with E-state index in [4.69, 9.17) is 0 Å². The molecular formula is C26H19N3OS. The van der Waals surface area contributed by atoms with E-state index in [9.17, 15) is 15.3 Å². The molecule has 5 heteroatoms. The van der Waals surface area contributed by atoms with Crippen molar-refractivity contribution in [2.75, 3.05) is 4.90 Å². The quantitative estimate of drug-likeness (QED) is 0.535. The van der Waals surface area contributed by atoms with Crippen molar-refractivity contribution in [1.29, 1.82) is 10.5 Å². The van der Waals surface area contributed by atoms with Crippen molar-refractivity contribution in [3.8, 4) is 12.1 Å². The SMILES string of the molecule is Cc1ccc(C(=O)[C@H]2[C@H](c3ccsc3)C(C#N)(C#N)[C@H]3C=Cc4ccccc4N23)cc1. The summed E-state index contributed by atoms with van der Waals surface area (Å²) in [6.07, 6.45) is 3.87. The van der Waals surface area contributed by atoms with E-state index >= 15 is 0 Å². The highest BCUT2D eigenvalue weighted by Crippen LogP contribution is 2.55. The zero-order chi connectivity index (χ0) is 21.6. The van der Waals surface area contributed by atoms with Gasteiger partial charge >= 0.3 is 0 Å². The van der Waals surface area contributed by atoms with Gasteiger partial charge in [-0.05, 0) is 40.9 Å². The molecule has 0 spiro atoms. The topological polar surface area (TPSA) is 67.9 Å². The first-order valence-electron chi connectivity index (χ1n) is 10.1. The average Bonchev–Trinajstić information content (AvgIpc) is 3.43. The van der Waals surface area contributed by atoms with E-state index in [0.29, 0.717) is 5.56 Å². The van der Waals surface area contributed by atoms with Crippen LogP contribution in [0.2, 0.25) is 0 Å². The standard InChI is InChI=1S/C26H19N3OS/c1-17-6-8-19(9-7-17)25(30)24-23(20-12-13-31-14-20)26(15-27,16-28)22-11-10-18-4-2-3-5-21(18)29(22)24/h2-14,22-24H,1H3/t22-,23+,24-/m1/s1. The number of hydrogen-bond acceptors (Lipinski definition) is 5. The van der Waals surface area contributed by atoms with Gasteiger partial charge in [0.25, 0.3) is 0 Å². The molecule has 0 unspecified atom stereocenters. The molecule has 3 atom stereocenters. The average molecular weight is 422 g/mol. The van der Waals surface area contributed by atoms with E-state index in [2.05, 4.69) is 12.1 Å². The number of fused-ring (bicyclic) bond motifs is 3. The third-order valence-electron chi connectivity index (χ3n) is 6.42. The zero-order valence-corrected chi connectivity index (χ0v) is 17.7. The van der Waals surface area contributed by atoms with E-state index in [1.165, 1.54) is 11.3 Å². The second-order valence-corrected chi connectivity index (χ2v) is 8.85. The van der Waals surface area contributed by atoms with Gasteiger partial charge in [0.05, 0.1) is 18.2 Å². The largest absolute Gasteiger partial charge is 0.351 e. The van der Waals surface area contributed by atoms with Crippen molar-refractivity contribution < 1.29 is 4.79 Å². The van der Waals surface area contributed by atoms with Gasteiger partial charge in [0.1, 0.15) is 6.04 Å². The summed E-state index contributed by atoms with van der Waals surface area (Å²) in [6, 6.07) is 20.8. The molecule has 150 valence electrons. The normalized spacial score (nSPS) is 22.8. The Labute approximate surface area is 185 Å². The van der Waals surface area contributed by atoms with Gasteiger partial charge in [-0.3, -0.25) is 4.79 Å². The Morgan fingerprint density at radius 2 is 1.81 bits per heavy atom. The van der Waals surface area contributed by atoms with Gasteiger partial charge in [0.2, 0.25) is 0 Å². The Bertz CT molecular complexity index is 1250. The zero-order valence-electron chi connectivity index (χ0n) is 16.9. The summed E-state index contributed by atoms with van der Waals surface area (Å²) in [6.45, 7) is 1.98. The molecule has 31 heavy (non-hydrogen) atoms. The van der Waals surface area contributed by atoms with Gasteiger partial charge < -0.3 is 4.90 Å². The van der Waals surface area contributed by atoms with Crippen LogP contribution in [0.4, 0.5) is 5.69 Å². The van der Waals surface area contributed by atoms with E-state index in [0.717, 1.165) is 22.4 Å². The van der Waals surface area contributed by atoms with E-state index in [1.54, 1.807) is 0 Å². The van der Waals surface area contributed by atoms with E-state index < -0.39 is 23.4 Å². The fourth-order valence-electron chi connectivity index (χ4n) is 4.95. The summed E-state index contributed by atoms with van der Waals surface area (Å²) in [5.41, 5.74) is 3.01. The van der Waals surface area contributed by atoms with Gasteiger partial charge in [0.15, 0.2) is 11.2 Å². The highest BCUT2D eigenvalue weighted by atomic mass is 32.1. The predicted molar refractivity (Wildman–Crippen MR) is 122 cm³/mol. The van der Waals surface area contributed by atoms with Crippen molar-refractivity contribution >= 4 is 28.9 Å². The maximum absolute atomic E-state index is 14.0. The Morgan fingerprint density at radius 3 is 2.48 bits per heavy atom. The Kier molecular flexibility index (Phi) is 4.50. The molecule has 0 aliphatic carbocycles. The number of aryl methyl sites for hydroxylation is 1. The molecule has 4 nitrogen and oxygen atoms in total. The smallest absolute Gasteiger partial charge is 0.185 e. The molecule has 0 amide bonds. The highest BCUT2D eigenvalue weighted by Gasteiger charge is 2.63. The van der Waals surface area contributed by atoms with Crippen LogP contribution >= 0.6 is 11.3 Å². The van der Waals surface area contributed by atoms with Crippen molar-refractivity contribution in [2.24, 2.45) is 5.41 Å². The van der Waals surface area contributed by atoms with Crippen LogP contribution in [-0.4, -0.2) is 17.9 Å². The molecule has 1 saturated heterocycles. The van der Waals surface area contributed by atoms with Crippen LogP contribution < -0.4 is 4.90 Å². The van der Waals surface area contributed by atoms with Crippen LogP contribution in [0.3, 0.4) is 0 Å². The van der Waals surface area contributed by atoms with Crippen LogP contribution in [0.25, 0.3) is 6.08 Å². The molecule has 2 aliphatic heterocycles. The first kappa shape index (κ1) is 19.3. The van der Waals surface area contributed by atoms with Crippen molar-refractivity contribution in [2.45, 2.75) is 24.9 Å². The summed E-state index contributed by atoms with van der Waals surface area (Å²) in [5, 5.41) is 24.6. The highest BCUT2D eigenvalue weighted by molar-refractivity contribution is 7.08. The molecule has 0 radical (unpaired) electrons. The number of anilines is 1. The van der Waals surface area contributed by atoms with Gasteiger partial charge in [-0.1, -0.05) is 60.2 Å². The maximum atomic E-state index is 14.0. The second-order valence-electron chi connectivity index (χ2n) is 8.07. The number of nitrogens with zero attached hydrogens (tertiary/aromatic N) is 3. The first-order valence-corrected chi connectivity index (χ1v) is 11.1. The van der Waals surface area contributed by atoms with Crippen LogP contribution in [-0.2, 0) is 0 Å². The third kappa shape index (κ3) is 2.75. The fraction of sp³-hybridized carbons (Fsp3) is 0.192. The lowest BCUT2D eigenvalue weighted by Crippen LogP contribution is -2.44. The second kappa shape index (κ2) is 7.23. The molecule has 2 aliphatic rings. The van der Waals surface area contributed by atoms with E-state index in [-0.39, 0.29) is 5.78 Å². The number of benzene rings is 2. The molecule has 0 bridgehead atoms. The molecule has 0 saturated carbocycles. The number of rotatable bonds is 3. The summed E-state index contributed by atoms with van der Waals surface area (Å²) in [7, 11) is 0. The van der Waals surface area contributed by atoms with Crippen LogP contribution in [0.5, 0.6) is 0 Å². The molecule has 5 rings (SSSR count). The summed E-state index contributed by atoms with van der Waals surface area (Å²) in [5.74, 6) is -0.637. The monoisotopic (exact) mass is 421 g/mol. The van der Waals surface area contributed by atoms with Crippen LogP contribution in [0.15, 0.2) is 71.4 Å². The van der Waals surface area contributed by atoms with Crippen molar-refractivity contribution in [1.82, 2.24) is 0 Å². The molecule has 2 aromatic carbocycles. The first-order chi connectivity index (χ1) is 15.1. The summed E-state index contributed by atoms with van der Waals surface area (Å²) >= 11 is 1.51. The van der Waals surface area contributed by atoms with Gasteiger partial charge in [-0.15, -0.1) is 0 Å². The van der Waals surface area contributed by atoms with Crippen molar-refractivity contribution in [3.63, 3.8) is 0 Å². The summed E-state index contributed by atoms with van der Waals surface area (Å²) in [4.78, 5) is 16.0. The van der Waals surface area contributed by atoms with Crippen LogP contribution in [0, 0.1) is 35.0 Å². The molecule has 3 heterocycles. The molecule has 3 aromatic rings. The minimum atomic E-state index is -1.38. The molecular weight excluding hydrogens is 402 g/mol. The number of ketones is 1. The minimum absolute atomic E-state index is 0.0707. The summed E-state index contributed by atoms with van der Waals surface area (Å²) < 4.78 is 0. The molecule has 1 fully saturated rings. The number of nitriles is 2. The maximum Gasteiger partial charge on any atom is 0.185 e. The lowest BCUT2D eigenvalue weighted by molar-refractivity contribution is 0.0951. The Hall–Kier alpha value is -3.67. The van der Waals surface area contributed by atoms with Gasteiger partial charge in [-0.2, -0.15) is 21.9 Å². The van der Waals surface area contributed by atoms with Crippen molar-refractivity contribution in [3.05, 3.63) is 93.7 Å². The Morgan fingerprint density at radius 1 is 1.06 bits per heavy atom. The number of thiophene rings is 1. The van der Waals surface area contributed by atoms with Gasteiger partial charge in [0, 0.05) is 17.2 Å². The number of carbonyl (C=O) groups excluding carboxylic acids is 1. The predicted octanol–water partition coefficient (Wildman–Crippen LogP) is 5.34.